The first-order chi connectivity index (χ1) is 6.94. The van der Waals surface area contributed by atoms with Gasteiger partial charge in [-0.1, -0.05) is 38.4 Å². The fourth-order valence-electron chi connectivity index (χ4n) is 2.37. The standard InChI is InChI=1S/C9H20NO2PS2/c1-7-4-2-3-5-8(7)9(6-10)12-13(11,14)15/h7-9H,2-6,10H2,1H3,(H2,11,14,15). The second-order valence-corrected chi connectivity index (χ2v) is 9.41. The van der Waals surface area contributed by atoms with Crippen LogP contribution in [0.25, 0.3) is 0 Å². The highest BCUT2D eigenvalue weighted by Crippen LogP contribution is 2.50. The summed E-state index contributed by atoms with van der Waals surface area (Å²) >= 11 is 8.69. The van der Waals surface area contributed by atoms with E-state index in [1.165, 1.54) is 19.3 Å². The molecule has 3 nitrogen and oxygen atoms in total. The molecule has 6 heteroatoms. The fourth-order valence-corrected chi connectivity index (χ4v) is 3.66. The first kappa shape index (κ1) is 13.9. The van der Waals surface area contributed by atoms with Crippen molar-refractivity contribution in [1.82, 2.24) is 0 Å². The van der Waals surface area contributed by atoms with Gasteiger partial charge in [0.25, 0.3) is 0 Å². The van der Waals surface area contributed by atoms with Crippen LogP contribution in [0.2, 0.25) is 0 Å². The van der Waals surface area contributed by atoms with Gasteiger partial charge in [0.05, 0.1) is 6.10 Å². The lowest BCUT2D eigenvalue weighted by molar-refractivity contribution is 0.0836. The van der Waals surface area contributed by atoms with Gasteiger partial charge < -0.3 is 15.2 Å². The largest absolute Gasteiger partial charge is 0.338 e. The Morgan fingerprint density at radius 2 is 2.20 bits per heavy atom. The summed E-state index contributed by atoms with van der Waals surface area (Å²) in [5.74, 6) is 1.02. The summed E-state index contributed by atoms with van der Waals surface area (Å²) in [6, 6.07) is 0. The molecule has 0 radical (unpaired) electrons. The second kappa shape index (κ2) is 5.99. The van der Waals surface area contributed by atoms with Crippen LogP contribution in [0.1, 0.15) is 32.6 Å². The zero-order chi connectivity index (χ0) is 11.5. The third kappa shape index (κ3) is 4.72. The normalized spacial score (nSPS) is 33.3. The summed E-state index contributed by atoms with van der Waals surface area (Å²) in [6.45, 7) is 2.63. The summed E-state index contributed by atoms with van der Waals surface area (Å²) < 4.78 is 5.42. The average molecular weight is 269 g/mol. The van der Waals surface area contributed by atoms with E-state index in [9.17, 15) is 4.89 Å². The number of nitrogens with two attached hydrogens (primary N) is 1. The van der Waals surface area contributed by atoms with Gasteiger partial charge in [-0.15, -0.1) is 0 Å². The van der Waals surface area contributed by atoms with Gasteiger partial charge in [0.15, 0.2) is 0 Å². The highest BCUT2D eigenvalue weighted by molar-refractivity contribution is 8.59. The maximum absolute atomic E-state index is 9.45. The molecule has 90 valence electrons. The number of rotatable bonds is 4. The summed E-state index contributed by atoms with van der Waals surface area (Å²) in [5, 5.41) is 0. The Bertz CT molecular complexity index is 246. The van der Waals surface area contributed by atoms with Crippen molar-refractivity contribution in [3.63, 3.8) is 0 Å². The van der Waals surface area contributed by atoms with Crippen molar-refractivity contribution < 1.29 is 9.42 Å². The average Bonchev–Trinajstić information content (AvgIpc) is 2.14. The number of hydrogen-bond donors (Lipinski definition) is 3. The van der Waals surface area contributed by atoms with Crippen LogP contribution in [-0.4, -0.2) is 17.5 Å². The lowest BCUT2D eigenvalue weighted by Crippen LogP contribution is -2.36. The van der Waals surface area contributed by atoms with Crippen LogP contribution in [0.3, 0.4) is 0 Å². The first-order valence-electron chi connectivity index (χ1n) is 5.38. The second-order valence-electron chi connectivity index (χ2n) is 4.30. The van der Waals surface area contributed by atoms with Crippen LogP contribution >= 0.6 is 17.9 Å². The molecule has 0 amide bonds. The highest BCUT2D eigenvalue weighted by atomic mass is 32.9. The van der Waals surface area contributed by atoms with Crippen molar-refractivity contribution in [1.29, 1.82) is 0 Å². The van der Waals surface area contributed by atoms with Crippen molar-refractivity contribution >= 4 is 29.7 Å². The van der Waals surface area contributed by atoms with E-state index in [0.29, 0.717) is 18.4 Å². The molecule has 0 aromatic heterocycles. The lowest BCUT2D eigenvalue weighted by Gasteiger charge is -2.35. The zero-order valence-corrected chi connectivity index (χ0v) is 11.6. The summed E-state index contributed by atoms with van der Waals surface area (Å²) in [6.07, 6.45) is 4.70. The monoisotopic (exact) mass is 269 g/mol. The van der Waals surface area contributed by atoms with Crippen LogP contribution in [0.4, 0.5) is 0 Å². The molecule has 3 N–H and O–H groups in total. The van der Waals surface area contributed by atoms with Gasteiger partial charge in [-0.3, -0.25) is 0 Å². The third-order valence-electron chi connectivity index (χ3n) is 3.16. The zero-order valence-electron chi connectivity index (χ0n) is 9.00. The summed E-state index contributed by atoms with van der Waals surface area (Å²) in [7, 11) is 0. The molecule has 0 spiro atoms. The van der Waals surface area contributed by atoms with E-state index in [1.807, 2.05) is 0 Å². The van der Waals surface area contributed by atoms with E-state index in [2.05, 4.69) is 19.2 Å². The molecule has 0 heterocycles. The Labute approximate surface area is 102 Å². The Kier molecular flexibility index (Phi) is 5.57. The Balaban J connectivity index is 2.60. The van der Waals surface area contributed by atoms with E-state index in [4.69, 9.17) is 22.1 Å². The molecule has 1 aliphatic rings. The predicted octanol–water partition coefficient (Wildman–Crippen LogP) is 2.30. The molecular weight excluding hydrogens is 249 g/mol. The molecule has 0 saturated heterocycles. The maximum Gasteiger partial charge on any atom is 0.241 e. The van der Waals surface area contributed by atoms with Gasteiger partial charge in [0, 0.05) is 6.54 Å². The topological polar surface area (TPSA) is 55.5 Å². The van der Waals surface area contributed by atoms with Crippen molar-refractivity contribution in [2.24, 2.45) is 17.6 Å². The van der Waals surface area contributed by atoms with Gasteiger partial charge in [0.1, 0.15) is 0 Å². The van der Waals surface area contributed by atoms with Crippen molar-refractivity contribution in [2.45, 2.75) is 38.7 Å². The minimum atomic E-state index is -2.88. The van der Waals surface area contributed by atoms with E-state index >= 15 is 0 Å². The minimum absolute atomic E-state index is 0.131. The molecule has 0 aliphatic heterocycles. The molecule has 4 atom stereocenters. The van der Waals surface area contributed by atoms with Gasteiger partial charge in [-0.2, -0.15) is 0 Å². The summed E-state index contributed by atoms with van der Waals surface area (Å²) in [4.78, 5) is 9.45. The van der Waals surface area contributed by atoms with Gasteiger partial charge in [-0.05, 0) is 30.1 Å². The first-order valence-corrected chi connectivity index (χ1v) is 9.20. The lowest BCUT2D eigenvalue weighted by atomic mass is 9.77. The molecule has 1 saturated carbocycles. The van der Waals surface area contributed by atoms with Crippen molar-refractivity contribution in [3.05, 3.63) is 0 Å². The van der Waals surface area contributed by atoms with E-state index in [1.54, 1.807) is 0 Å². The molecule has 0 aromatic rings. The predicted molar refractivity (Wildman–Crippen MR) is 70.5 cm³/mol. The van der Waals surface area contributed by atoms with Crippen LogP contribution in [0.5, 0.6) is 0 Å². The molecule has 0 bridgehead atoms. The maximum atomic E-state index is 9.45. The van der Waals surface area contributed by atoms with Gasteiger partial charge in [0.2, 0.25) is 5.69 Å². The van der Waals surface area contributed by atoms with Gasteiger partial charge >= 0.3 is 0 Å². The van der Waals surface area contributed by atoms with E-state index in [0.717, 1.165) is 6.42 Å². The quantitative estimate of drug-likeness (QED) is 0.541. The molecule has 4 unspecified atom stereocenters. The molecule has 1 fully saturated rings. The smallest absolute Gasteiger partial charge is 0.241 e. The molecule has 1 aliphatic carbocycles. The fraction of sp³-hybridized carbons (Fsp3) is 1.00. The minimum Gasteiger partial charge on any atom is -0.338 e. The van der Waals surface area contributed by atoms with Crippen LogP contribution in [0, 0.1) is 11.8 Å². The van der Waals surface area contributed by atoms with Crippen molar-refractivity contribution in [2.75, 3.05) is 6.54 Å². The van der Waals surface area contributed by atoms with Crippen LogP contribution in [-0.2, 0) is 16.3 Å². The highest BCUT2D eigenvalue weighted by Gasteiger charge is 2.31. The molecule has 1 rings (SSSR count). The third-order valence-corrected chi connectivity index (χ3v) is 4.25. The number of thiol groups is 1. The number of hydrogen-bond acceptors (Lipinski definition) is 3. The Morgan fingerprint density at radius 1 is 1.60 bits per heavy atom. The SMILES string of the molecule is CC1CCCCC1C(CN)OP(O)(=S)S. The molecule has 15 heavy (non-hydrogen) atoms. The van der Waals surface area contributed by atoms with Crippen LogP contribution in [0.15, 0.2) is 0 Å². The van der Waals surface area contributed by atoms with Gasteiger partial charge in [-0.25, -0.2) is 0 Å². The Hall–Kier alpha value is 0.880. The molecule has 0 aromatic carbocycles. The Morgan fingerprint density at radius 3 is 2.67 bits per heavy atom. The van der Waals surface area contributed by atoms with E-state index < -0.39 is 5.69 Å². The van der Waals surface area contributed by atoms with Crippen LogP contribution < -0.4 is 5.73 Å². The van der Waals surface area contributed by atoms with E-state index in [-0.39, 0.29) is 6.10 Å². The van der Waals surface area contributed by atoms with Crippen molar-refractivity contribution in [3.8, 4) is 0 Å². The molecular formula is C9H20NO2PS2. The summed E-state index contributed by atoms with van der Waals surface area (Å²) in [5.41, 5.74) is 2.79.